The second-order valence-corrected chi connectivity index (χ2v) is 9.58. The van der Waals surface area contributed by atoms with Crippen LogP contribution in [0.25, 0.3) is 0 Å². The molecule has 22 heavy (non-hydrogen) atoms. The molecule has 2 aliphatic heterocycles. The summed E-state index contributed by atoms with van der Waals surface area (Å²) in [6, 6.07) is 3.86. The van der Waals surface area contributed by atoms with Crippen LogP contribution in [0.4, 0.5) is 0 Å². The molecule has 0 saturated carbocycles. The Bertz CT molecular complexity index is 670. The maximum Gasteiger partial charge on any atom is 0.317 e. The molecule has 0 spiro atoms. The van der Waals surface area contributed by atoms with Crippen LogP contribution in [0.2, 0.25) is 0 Å². The minimum absolute atomic E-state index is 0.0743. The van der Waals surface area contributed by atoms with Crippen LogP contribution < -0.4 is 0 Å². The number of aliphatic carboxylic acids is 1. The van der Waals surface area contributed by atoms with Crippen molar-refractivity contribution in [3.05, 3.63) is 21.9 Å². The fourth-order valence-electron chi connectivity index (χ4n) is 3.43. The fraction of sp³-hybridized carbons (Fsp3) is 0.643. The van der Waals surface area contributed by atoms with Crippen molar-refractivity contribution in [2.45, 2.75) is 25.6 Å². The standard InChI is InChI=1S/C14H20N2O4S2/c1-10-2-3-11(21-10)6-15-4-5-16(7-14(17)18)13-9-22(19,20)8-12(13)15/h2-3,12-13H,4-9H2,1H3,(H,17,18)/t12-,13+/m0/s1. The van der Waals surface area contributed by atoms with Gasteiger partial charge in [-0.3, -0.25) is 14.6 Å². The summed E-state index contributed by atoms with van der Waals surface area (Å²) < 4.78 is 24.1. The van der Waals surface area contributed by atoms with E-state index in [1.807, 2.05) is 4.90 Å². The van der Waals surface area contributed by atoms with Crippen LogP contribution in [0.5, 0.6) is 0 Å². The van der Waals surface area contributed by atoms with Gasteiger partial charge in [-0.25, -0.2) is 8.42 Å². The second-order valence-electron chi connectivity index (χ2n) is 6.06. The fourth-order valence-corrected chi connectivity index (χ4v) is 6.39. The van der Waals surface area contributed by atoms with E-state index >= 15 is 0 Å². The molecule has 0 aliphatic carbocycles. The van der Waals surface area contributed by atoms with E-state index in [1.54, 1.807) is 11.3 Å². The van der Waals surface area contributed by atoms with E-state index in [1.165, 1.54) is 9.75 Å². The maximum atomic E-state index is 12.0. The second kappa shape index (κ2) is 5.92. The summed E-state index contributed by atoms with van der Waals surface area (Å²) in [6.07, 6.45) is 0. The highest BCUT2D eigenvalue weighted by molar-refractivity contribution is 7.91. The minimum atomic E-state index is -3.09. The van der Waals surface area contributed by atoms with E-state index in [0.717, 1.165) is 6.54 Å². The number of rotatable bonds is 4. The topological polar surface area (TPSA) is 77.9 Å². The van der Waals surface area contributed by atoms with Gasteiger partial charge in [0, 0.05) is 41.5 Å². The molecule has 3 rings (SSSR count). The number of carboxylic acids is 1. The molecule has 2 fully saturated rings. The van der Waals surface area contributed by atoms with Gasteiger partial charge in [0.15, 0.2) is 9.84 Å². The first-order valence-corrected chi connectivity index (χ1v) is 9.93. The molecule has 1 aromatic heterocycles. The maximum absolute atomic E-state index is 12.0. The van der Waals surface area contributed by atoms with Gasteiger partial charge in [0.1, 0.15) is 0 Å². The van der Waals surface area contributed by atoms with Crippen LogP contribution in [0.15, 0.2) is 12.1 Å². The number of carbonyl (C=O) groups is 1. The number of hydrogen-bond acceptors (Lipinski definition) is 6. The first kappa shape index (κ1) is 15.9. The van der Waals surface area contributed by atoms with Crippen LogP contribution in [-0.4, -0.2) is 72.5 Å². The van der Waals surface area contributed by atoms with Gasteiger partial charge in [-0.15, -0.1) is 11.3 Å². The zero-order valence-corrected chi connectivity index (χ0v) is 14.1. The Morgan fingerprint density at radius 3 is 2.50 bits per heavy atom. The van der Waals surface area contributed by atoms with E-state index in [4.69, 9.17) is 5.11 Å². The van der Waals surface area contributed by atoms with Crippen LogP contribution in [-0.2, 0) is 21.2 Å². The Hall–Kier alpha value is -0.960. The van der Waals surface area contributed by atoms with Crippen molar-refractivity contribution in [1.29, 1.82) is 0 Å². The number of piperazine rings is 1. The number of nitrogens with zero attached hydrogens (tertiary/aromatic N) is 2. The van der Waals surface area contributed by atoms with Gasteiger partial charge >= 0.3 is 5.97 Å². The molecular weight excluding hydrogens is 324 g/mol. The van der Waals surface area contributed by atoms with Crippen molar-refractivity contribution in [2.75, 3.05) is 31.1 Å². The predicted molar refractivity (Wildman–Crippen MR) is 84.9 cm³/mol. The van der Waals surface area contributed by atoms with Crippen LogP contribution in [0.3, 0.4) is 0 Å². The number of thiophene rings is 1. The van der Waals surface area contributed by atoms with Gasteiger partial charge < -0.3 is 5.11 Å². The van der Waals surface area contributed by atoms with Gasteiger partial charge in [0.25, 0.3) is 0 Å². The van der Waals surface area contributed by atoms with Gasteiger partial charge in [0.05, 0.1) is 18.1 Å². The molecule has 2 atom stereocenters. The average molecular weight is 344 g/mol. The molecule has 0 amide bonds. The van der Waals surface area contributed by atoms with E-state index in [0.29, 0.717) is 13.1 Å². The molecule has 3 heterocycles. The molecule has 0 unspecified atom stereocenters. The Balaban J connectivity index is 1.78. The largest absolute Gasteiger partial charge is 0.480 e. The Kier molecular flexibility index (Phi) is 4.28. The van der Waals surface area contributed by atoms with Crippen molar-refractivity contribution >= 4 is 27.1 Å². The third-order valence-corrected chi connectivity index (χ3v) is 7.08. The summed E-state index contributed by atoms with van der Waals surface area (Å²) in [5, 5.41) is 9.02. The third kappa shape index (κ3) is 3.34. The highest BCUT2D eigenvalue weighted by Crippen LogP contribution is 2.29. The van der Waals surface area contributed by atoms with Crippen LogP contribution >= 0.6 is 11.3 Å². The smallest absolute Gasteiger partial charge is 0.317 e. The summed E-state index contributed by atoms with van der Waals surface area (Å²) in [4.78, 5) is 17.5. The first-order valence-electron chi connectivity index (χ1n) is 7.30. The molecule has 8 heteroatoms. The zero-order valence-electron chi connectivity index (χ0n) is 12.4. The molecule has 122 valence electrons. The monoisotopic (exact) mass is 344 g/mol. The zero-order chi connectivity index (χ0) is 15.9. The van der Waals surface area contributed by atoms with Gasteiger partial charge in [-0.1, -0.05) is 0 Å². The molecule has 2 aliphatic rings. The molecule has 0 bridgehead atoms. The lowest BCUT2D eigenvalue weighted by Gasteiger charge is -2.43. The minimum Gasteiger partial charge on any atom is -0.480 e. The Morgan fingerprint density at radius 1 is 1.27 bits per heavy atom. The van der Waals surface area contributed by atoms with Gasteiger partial charge in [-0.05, 0) is 19.1 Å². The molecule has 0 aromatic carbocycles. The van der Waals surface area contributed by atoms with E-state index in [2.05, 4.69) is 24.0 Å². The summed E-state index contributed by atoms with van der Waals surface area (Å²) in [5.74, 6) is -0.686. The number of sulfone groups is 1. The SMILES string of the molecule is Cc1ccc(CN2CCN(CC(=O)O)[C@@H]3CS(=O)(=O)C[C@@H]32)s1. The van der Waals surface area contributed by atoms with Crippen LogP contribution in [0, 0.1) is 6.92 Å². The highest BCUT2D eigenvalue weighted by Gasteiger charge is 2.46. The van der Waals surface area contributed by atoms with E-state index < -0.39 is 15.8 Å². The third-order valence-electron chi connectivity index (χ3n) is 4.40. The molecule has 0 radical (unpaired) electrons. The van der Waals surface area contributed by atoms with Crippen molar-refractivity contribution in [3.8, 4) is 0 Å². The van der Waals surface area contributed by atoms with Crippen molar-refractivity contribution < 1.29 is 18.3 Å². The predicted octanol–water partition coefficient (Wildman–Crippen LogP) is 0.424. The van der Waals surface area contributed by atoms with E-state index in [-0.39, 0.29) is 30.1 Å². The van der Waals surface area contributed by atoms with Gasteiger partial charge in [0.2, 0.25) is 0 Å². The molecule has 1 N–H and O–H groups in total. The summed E-state index contributed by atoms with van der Waals surface area (Å²) >= 11 is 1.73. The Morgan fingerprint density at radius 2 is 1.91 bits per heavy atom. The lowest BCUT2D eigenvalue weighted by Crippen LogP contribution is -2.59. The summed E-state index contributed by atoms with van der Waals surface area (Å²) in [7, 11) is -3.09. The molecule has 1 aromatic rings. The molecular formula is C14H20N2O4S2. The number of aryl methyl sites for hydroxylation is 1. The summed E-state index contributed by atoms with van der Waals surface area (Å²) in [6.45, 7) is 4.04. The average Bonchev–Trinajstić information content (AvgIpc) is 2.95. The first-order chi connectivity index (χ1) is 10.3. The Labute approximate surface area is 134 Å². The lowest BCUT2D eigenvalue weighted by molar-refractivity contribution is -0.139. The van der Waals surface area contributed by atoms with Crippen molar-refractivity contribution in [1.82, 2.24) is 9.80 Å². The number of carboxylic acid groups (broad SMARTS) is 1. The van der Waals surface area contributed by atoms with Crippen molar-refractivity contribution in [2.24, 2.45) is 0 Å². The number of hydrogen-bond donors (Lipinski definition) is 1. The number of fused-ring (bicyclic) bond motifs is 1. The normalized spacial score (nSPS) is 28.6. The molecule has 2 saturated heterocycles. The molecule has 6 nitrogen and oxygen atoms in total. The lowest BCUT2D eigenvalue weighted by atomic mass is 10.0. The quantitative estimate of drug-likeness (QED) is 0.853. The van der Waals surface area contributed by atoms with Crippen molar-refractivity contribution in [3.63, 3.8) is 0 Å². The highest BCUT2D eigenvalue weighted by atomic mass is 32.2. The summed E-state index contributed by atoms with van der Waals surface area (Å²) in [5.41, 5.74) is 0. The van der Waals surface area contributed by atoms with Crippen LogP contribution in [0.1, 0.15) is 9.75 Å². The van der Waals surface area contributed by atoms with E-state index in [9.17, 15) is 13.2 Å². The van der Waals surface area contributed by atoms with Gasteiger partial charge in [-0.2, -0.15) is 0 Å².